The van der Waals surface area contributed by atoms with Crippen LogP contribution in [-0.2, 0) is 11.3 Å². The number of aromatic nitrogens is 1. The lowest BCUT2D eigenvalue weighted by molar-refractivity contribution is -0.123. The fourth-order valence-corrected chi connectivity index (χ4v) is 2.13. The van der Waals surface area contributed by atoms with Crippen LogP contribution in [0.3, 0.4) is 0 Å². The fourth-order valence-electron chi connectivity index (χ4n) is 2.13. The van der Waals surface area contributed by atoms with E-state index in [1.165, 1.54) is 0 Å². The first kappa shape index (κ1) is 12.1. The van der Waals surface area contributed by atoms with Crippen molar-refractivity contribution in [2.24, 2.45) is 0 Å². The fraction of sp³-hybridized carbons (Fsp3) is 0.667. The van der Waals surface area contributed by atoms with Crippen molar-refractivity contribution < 1.29 is 9.32 Å². The van der Waals surface area contributed by atoms with Crippen LogP contribution in [0.1, 0.15) is 36.3 Å². The Bertz CT molecular complexity index is 375. The van der Waals surface area contributed by atoms with Gasteiger partial charge in [0.1, 0.15) is 5.76 Å². The Morgan fingerprint density at radius 1 is 1.53 bits per heavy atom. The molecule has 1 fully saturated rings. The van der Waals surface area contributed by atoms with Crippen LogP contribution in [0, 0.1) is 13.8 Å². The maximum atomic E-state index is 11.9. The number of nitrogens with zero attached hydrogens (tertiary/aromatic N) is 1. The predicted octanol–water partition coefficient (Wildman–Crippen LogP) is 1.05. The monoisotopic (exact) mass is 237 g/mol. The van der Waals surface area contributed by atoms with Gasteiger partial charge < -0.3 is 15.2 Å². The number of carbonyl (C=O) groups excluding carboxylic acids is 1. The molecule has 0 spiro atoms. The molecule has 1 atom stereocenters. The summed E-state index contributed by atoms with van der Waals surface area (Å²) in [5.41, 5.74) is 1.83. The van der Waals surface area contributed by atoms with E-state index in [4.69, 9.17) is 4.52 Å². The quantitative estimate of drug-likeness (QED) is 0.824. The number of hydrogen-bond donors (Lipinski definition) is 2. The van der Waals surface area contributed by atoms with E-state index >= 15 is 0 Å². The molecule has 1 aliphatic rings. The number of amides is 1. The van der Waals surface area contributed by atoms with E-state index in [1.807, 2.05) is 13.8 Å². The summed E-state index contributed by atoms with van der Waals surface area (Å²) >= 11 is 0. The minimum atomic E-state index is -0.0378. The van der Waals surface area contributed by atoms with Crippen molar-refractivity contribution in [1.82, 2.24) is 15.8 Å². The van der Waals surface area contributed by atoms with Crippen molar-refractivity contribution in [2.75, 3.05) is 6.54 Å². The first-order valence-corrected chi connectivity index (χ1v) is 6.11. The number of piperidine rings is 1. The van der Waals surface area contributed by atoms with Gasteiger partial charge in [-0.2, -0.15) is 0 Å². The van der Waals surface area contributed by atoms with Gasteiger partial charge in [-0.05, 0) is 33.2 Å². The second-order valence-corrected chi connectivity index (χ2v) is 4.52. The molecule has 0 aromatic carbocycles. The summed E-state index contributed by atoms with van der Waals surface area (Å²) in [6.45, 7) is 5.18. The zero-order chi connectivity index (χ0) is 12.3. The molecular formula is C12H19N3O2. The average Bonchev–Trinajstić information content (AvgIpc) is 2.67. The Kier molecular flexibility index (Phi) is 3.78. The lowest BCUT2D eigenvalue weighted by Gasteiger charge is -2.22. The number of aryl methyl sites for hydroxylation is 2. The zero-order valence-corrected chi connectivity index (χ0v) is 10.4. The molecule has 0 unspecified atom stereocenters. The summed E-state index contributed by atoms with van der Waals surface area (Å²) in [5.74, 6) is 0.851. The minimum Gasteiger partial charge on any atom is -0.361 e. The molecule has 1 aromatic heterocycles. The highest BCUT2D eigenvalue weighted by Gasteiger charge is 2.20. The Labute approximate surface area is 101 Å². The summed E-state index contributed by atoms with van der Waals surface area (Å²) in [4.78, 5) is 11.9. The average molecular weight is 237 g/mol. The third kappa shape index (κ3) is 2.85. The van der Waals surface area contributed by atoms with Crippen molar-refractivity contribution >= 4 is 5.91 Å². The van der Waals surface area contributed by atoms with Gasteiger partial charge in [0.05, 0.1) is 11.7 Å². The van der Waals surface area contributed by atoms with Gasteiger partial charge in [-0.1, -0.05) is 11.6 Å². The molecule has 0 aliphatic carbocycles. The molecule has 1 saturated heterocycles. The van der Waals surface area contributed by atoms with Gasteiger partial charge in [0, 0.05) is 12.1 Å². The van der Waals surface area contributed by atoms with Crippen LogP contribution in [0.15, 0.2) is 4.52 Å². The van der Waals surface area contributed by atoms with Crippen molar-refractivity contribution in [2.45, 2.75) is 45.7 Å². The number of hydrogen-bond acceptors (Lipinski definition) is 4. The largest absolute Gasteiger partial charge is 0.361 e. The second kappa shape index (κ2) is 5.31. The molecule has 0 saturated carbocycles. The lowest BCUT2D eigenvalue weighted by atomic mass is 10.0. The van der Waals surface area contributed by atoms with Crippen molar-refractivity contribution in [3.05, 3.63) is 17.0 Å². The highest BCUT2D eigenvalue weighted by atomic mass is 16.5. The zero-order valence-electron chi connectivity index (χ0n) is 10.4. The molecule has 1 aliphatic heterocycles. The maximum Gasteiger partial charge on any atom is 0.237 e. The molecule has 1 aromatic rings. The molecule has 94 valence electrons. The Hall–Kier alpha value is -1.36. The maximum absolute atomic E-state index is 11.9. The predicted molar refractivity (Wildman–Crippen MR) is 63.5 cm³/mol. The topological polar surface area (TPSA) is 67.2 Å². The van der Waals surface area contributed by atoms with Gasteiger partial charge in [-0.15, -0.1) is 0 Å². The lowest BCUT2D eigenvalue weighted by Crippen LogP contribution is -2.46. The number of carbonyl (C=O) groups is 1. The molecular weight excluding hydrogens is 218 g/mol. The van der Waals surface area contributed by atoms with Gasteiger partial charge in [-0.25, -0.2) is 0 Å². The molecule has 2 N–H and O–H groups in total. The first-order chi connectivity index (χ1) is 8.18. The van der Waals surface area contributed by atoms with Crippen molar-refractivity contribution in [3.8, 4) is 0 Å². The van der Waals surface area contributed by atoms with Crippen molar-refractivity contribution in [3.63, 3.8) is 0 Å². The van der Waals surface area contributed by atoms with Gasteiger partial charge in [0.15, 0.2) is 0 Å². The first-order valence-electron chi connectivity index (χ1n) is 6.11. The van der Waals surface area contributed by atoms with Crippen LogP contribution >= 0.6 is 0 Å². The van der Waals surface area contributed by atoms with E-state index in [0.29, 0.717) is 6.54 Å². The third-order valence-electron chi connectivity index (χ3n) is 3.25. The van der Waals surface area contributed by atoms with Crippen LogP contribution in [-0.4, -0.2) is 23.7 Å². The molecule has 0 bridgehead atoms. The highest BCUT2D eigenvalue weighted by molar-refractivity contribution is 5.81. The third-order valence-corrected chi connectivity index (χ3v) is 3.25. The van der Waals surface area contributed by atoms with Crippen molar-refractivity contribution in [1.29, 1.82) is 0 Å². The van der Waals surface area contributed by atoms with E-state index < -0.39 is 0 Å². The second-order valence-electron chi connectivity index (χ2n) is 4.52. The standard InChI is InChI=1S/C12H19N3O2/c1-8-10(9(2)17-15-8)7-14-12(16)11-5-3-4-6-13-11/h11,13H,3-7H2,1-2H3,(H,14,16)/t11-/m0/s1. The molecule has 5 heteroatoms. The molecule has 17 heavy (non-hydrogen) atoms. The summed E-state index contributed by atoms with van der Waals surface area (Å²) in [6.07, 6.45) is 3.21. The van der Waals surface area contributed by atoms with Gasteiger partial charge >= 0.3 is 0 Å². The molecule has 2 rings (SSSR count). The minimum absolute atomic E-state index is 0.0378. The van der Waals surface area contributed by atoms with Gasteiger partial charge in [0.25, 0.3) is 0 Å². The highest BCUT2D eigenvalue weighted by Crippen LogP contribution is 2.12. The molecule has 5 nitrogen and oxygen atoms in total. The normalized spacial score (nSPS) is 20.2. The van der Waals surface area contributed by atoms with Crippen LogP contribution in [0.5, 0.6) is 0 Å². The Balaban J connectivity index is 1.87. The summed E-state index contributed by atoms with van der Waals surface area (Å²) < 4.78 is 5.06. The Morgan fingerprint density at radius 3 is 2.94 bits per heavy atom. The summed E-state index contributed by atoms with van der Waals surface area (Å²) in [6, 6.07) is -0.0378. The molecule has 1 amide bonds. The smallest absolute Gasteiger partial charge is 0.237 e. The van der Waals surface area contributed by atoms with E-state index in [9.17, 15) is 4.79 Å². The number of nitrogens with one attached hydrogen (secondary N) is 2. The summed E-state index contributed by atoms with van der Waals surface area (Å²) in [7, 11) is 0. The van der Waals surface area contributed by atoms with Crippen LogP contribution in [0.25, 0.3) is 0 Å². The van der Waals surface area contributed by atoms with Crippen LogP contribution < -0.4 is 10.6 Å². The van der Waals surface area contributed by atoms with Crippen LogP contribution in [0.4, 0.5) is 0 Å². The van der Waals surface area contributed by atoms with E-state index in [0.717, 1.165) is 42.8 Å². The van der Waals surface area contributed by atoms with E-state index in [1.54, 1.807) is 0 Å². The van der Waals surface area contributed by atoms with Crippen LogP contribution in [0.2, 0.25) is 0 Å². The molecule has 0 radical (unpaired) electrons. The Morgan fingerprint density at radius 2 is 2.35 bits per heavy atom. The molecule has 2 heterocycles. The van der Waals surface area contributed by atoms with Gasteiger partial charge in [0.2, 0.25) is 5.91 Å². The summed E-state index contributed by atoms with van der Waals surface area (Å²) in [5, 5.41) is 10.0. The SMILES string of the molecule is Cc1noc(C)c1CNC(=O)[C@@H]1CCCCN1. The number of rotatable bonds is 3. The van der Waals surface area contributed by atoms with E-state index in [2.05, 4.69) is 15.8 Å². The van der Waals surface area contributed by atoms with Gasteiger partial charge in [-0.3, -0.25) is 4.79 Å². The van der Waals surface area contributed by atoms with E-state index in [-0.39, 0.29) is 11.9 Å².